The molecule has 5 heteroatoms. The Morgan fingerprint density at radius 2 is 0.804 bits per heavy atom. The topological polar surface area (TPSA) is 72.8 Å². The lowest BCUT2D eigenvalue weighted by Gasteiger charge is -2.15. The lowest BCUT2D eigenvalue weighted by Crippen LogP contribution is -2.28. The quantitative estimate of drug-likeness (QED) is 0.0416. The third-order valence-electron chi connectivity index (χ3n) is 8.72. The third kappa shape index (κ3) is 35.2. The summed E-state index contributed by atoms with van der Waals surface area (Å²) in [5.74, 6) is -0.605. The molecule has 0 saturated carbocycles. The Hall–Kier alpha value is -1.62. The van der Waals surface area contributed by atoms with Crippen molar-refractivity contribution in [2.24, 2.45) is 0 Å². The van der Waals surface area contributed by atoms with Crippen LogP contribution in [0.3, 0.4) is 0 Å². The lowest BCUT2D eigenvalue weighted by molar-refractivity contribution is -0.161. The van der Waals surface area contributed by atoms with Crippen LogP contribution in [0.25, 0.3) is 0 Å². The fraction of sp³-hybridized carbons (Fsp3) is 0.854. The second-order valence-electron chi connectivity index (χ2n) is 13.4. The van der Waals surface area contributed by atoms with E-state index in [1.807, 2.05) is 0 Å². The van der Waals surface area contributed by atoms with Gasteiger partial charge in [-0.3, -0.25) is 9.59 Å². The minimum Gasteiger partial charge on any atom is -0.462 e. The van der Waals surface area contributed by atoms with Crippen molar-refractivity contribution >= 4 is 11.9 Å². The largest absolute Gasteiger partial charge is 0.462 e. The first-order valence-corrected chi connectivity index (χ1v) is 19.9. The van der Waals surface area contributed by atoms with Crippen LogP contribution in [0, 0.1) is 0 Å². The Morgan fingerprint density at radius 1 is 0.478 bits per heavy atom. The van der Waals surface area contributed by atoms with Gasteiger partial charge in [0.05, 0.1) is 6.61 Å². The van der Waals surface area contributed by atoms with Gasteiger partial charge in [-0.25, -0.2) is 0 Å². The van der Waals surface area contributed by atoms with Gasteiger partial charge in [-0.15, -0.1) is 0 Å². The van der Waals surface area contributed by atoms with E-state index in [2.05, 4.69) is 38.2 Å². The van der Waals surface area contributed by atoms with Crippen molar-refractivity contribution in [3.8, 4) is 0 Å². The molecule has 1 atom stereocenters. The molecule has 0 amide bonds. The van der Waals surface area contributed by atoms with Gasteiger partial charge in [0.25, 0.3) is 0 Å². The van der Waals surface area contributed by atoms with E-state index in [1.54, 1.807) is 0 Å². The second-order valence-corrected chi connectivity index (χ2v) is 13.4. The number of hydrogen-bond acceptors (Lipinski definition) is 5. The average Bonchev–Trinajstić information content (AvgIpc) is 3.06. The van der Waals surface area contributed by atoms with E-state index in [4.69, 9.17) is 9.47 Å². The summed E-state index contributed by atoms with van der Waals surface area (Å²) in [4.78, 5) is 24.2. The smallest absolute Gasteiger partial charge is 0.306 e. The molecule has 46 heavy (non-hydrogen) atoms. The molecule has 0 aromatic rings. The number of aliphatic hydroxyl groups excluding tert-OH is 1. The first kappa shape index (κ1) is 44.4. The maximum atomic E-state index is 12.2. The Balaban J connectivity index is 3.56. The lowest BCUT2D eigenvalue weighted by atomic mass is 10.1. The summed E-state index contributed by atoms with van der Waals surface area (Å²) in [5, 5.41) is 9.55. The zero-order valence-corrected chi connectivity index (χ0v) is 30.6. The SMILES string of the molecule is CCCCCCCCC/C=C\CCCCCCCC(=O)OC[C@H](CO)OC(=O)CCCCCCC/C=C\CCCCCCCCC. The van der Waals surface area contributed by atoms with Crippen LogP contribution in [0.5, 0.6) is 0 Å². The second kappa shape index (κ2) is 37.8. The zero-order chi connectivity index (χ0) is 33.6. The number of esters is 2. The van der Waals surface area contributed by atoms with Crippen LogP contribution in [0.2, 0.25) is 0 Å². The summed E-state index contributed by atoms with van der Waals surface area (Å²) < 4.78 is 10.6. The molecule has 0 fully saturated rings. The van der Waals surface area contributed by atoms with E-state index >= 15 is 0 Å². The molecule has 0 rings (SSSR count). The van der Waals surface area contributed by atoms with Crippen molar-refractivity contribution in [1.29, 1.82) is 0 Å². The molecule has 0 saturated heterocycles. The number of rotatable bonds is 36. The summed E-state index contributed by atoms with van der Waals surface area (Å²) in [7, 11) is 0. The van der Waals surface area contributed by atoms with E-state index in [9.17, 15) is 14.7 Å². The molecule has 0 bridgehead atoms. The molecular weight excluding hydrogens is 572 g/mol. The zero-order valence-electron chi connectivity index (χ0n) is 30.6. The molecule has 0 radical (unpaired) electrons. The van der Waals surface area contributed by atoms with E-state index in [1.165, 1.54) is 128 Å². The first-order valence-electron chi connectivity index (χ1n) is 19.9. The van der Waals surface area contributed by atoms with Gasteiger partial charge in [-0.2, -0.15) is 0 Å². The van der Waals surface area contributed by atoms with Crippen LogP contribution in [-0.4, -0.2) is 36.4 Å². The normalized spacial score (nSPS) is 12.3. The fourth-order valence-electron chi connectivity index (χ4n) is 5.66. The van der Waals surface area contributed by atoms with Crippen LogP contribution >= 0.6 is 0 Å². The number of hydrogen-bond donors (Lipinski definition) is 1. The molecule has 270 valence electrons. The fourth-order valence-corrected chi connectivity index (χ4v) is 5.66. The highest BCUT2D eigenvalue weighted by Gasteiger charge is 2.16. The molecule has 0 aromatic heterocycles. The summed E-state index contributed by atoms with van der Waals surface area (Å²) in [6.45, 7) is 4.12. The van der Waals surface area contributed by atoms with Crippen LogP contribution < -0.4 is 0 Å². The number of carbonyl (C=O) groups excluding carboxylic acids is 2. The van der Waals surface area contributed by atoms with Crippen molar-refractivity contribution in [1.82, 2.24) is 0 Å². The van der Waals surface area contributed by atoms with Crippen LogP contribution in [0.15, 0.2) is 24.3 Å². The monoisotopic (exact) mass is 649 g/mol. The van der Waals surface area contributed by atoms with Gasteiger partial charge >= 0.3 is 11.9 Å². The average molecular weight is 649 g/mol. The predicted molar refractivity (Wildman–Crippen MR) is 196 cm³/mol. The number of aliphatic hydroxyl groups is 1. The molecule has 0 aliphatic heterocycles. The predicted octanol–water partition coefficient (Wildman–Crippen LogP) is 12.3. The summed E-state index contributed by atoms with van der Waals surface area (Å²) in [6, 6.07) is 0. The van der Waals surface area contributed by atoms with Crippen LogP contribution in [0.1, 0.15) is 206 Å². The molecule has 0 aliphatic carbocycles. The number of ether oxygens (including phenoxy) is 2. The van der Waals surface area contributed by atoms with Crippen LogP contribution in [-0.2, 0) is 19.1 Å². The van der Waals surface area contributed by atoms with Gasteiger partial charge in [0.15, 0.2) is 6.10 Å². The van der Waals surface area contributed by atoms with Crippen LogP contribution in [0.4, 0.5) is 0 Å². The van der Waals surface area contributed by atoms with E-state index in [0.29, 0.717) is 12.8 Å². The molecule has 5 nitrogen and oxygen atoms in total. The molecule has 0 spiro atoms. The maximum absolute atomic E-state index is 12.2. The van der Waals surface area contributed by atoms with E-state index in [0.717, 1.165) is 51.4 Å². The molecule has 1 N–H and O–H groups in total. The summed E-state index contributed by atoms with van der Waals surface area (Å²) >= 11 is 0. The highest BCUT2D eigenvalue weighted by Crippen LogP contribution is 2.13. The Morgan fingerprint density at radius 3 is 1.17 bits per heavy atom. The van der Waals surface area contributed by atoms with E-state index < -0.39 is 6.10 Å². The summed E-state index contributed by atoms with van der Waals surface area (Å²) in [6.07, 6.45) is 43.8. The summed E-state index contributed by atoms with van der Waals surface area (Å²) in [5.41, 5.74) is 0. The molecule has 0 unspecified atom stereocenters. The van der Waals surface area contributed by atoms with Gasteiger partial charge in [0.2, 0.25) is 0 Å². The Kier molecular flexibility index (Phi) is 36.5. The van der Waals surface area contributed by atoms with Crippen molar-refractivity contribution < 1.29 is 24.2 Å². The van der Waals surface area contributed by atoms with Gasteiger partial charge < -0.3 is 14.6 Å². The number of carbonyl (C=O) groups is 2. The van der Waals surface area contributed by atoms with Gasteiger partial charge in [-0.05, 0) is 64.2 Å². The highest BCUT2D eigenvalue weighted by molar-refractivity contribution is 5.70. The highest BCUT2D eigenvalue weighted by atomic mass is 16.6. The Bertz CT molecular complexity index is 701. The number of allylic oxidation sites excluding steroid dienone is 4. The maximum Gasteiger partial charge on any atom is 0.306 e. The first-order chi connectivity index (χ1) is 22.6. The Labute approximate surface area is 285 Å². The molecule has 0 aliphatic rings. The minimum atomic E-state index is -0.775. The molecular formula is C41H76O5. The van der Waals surface area contributed by atoms with Gasteiger partial charge in [0.1, 0.15) is 6.61 Å². The van der Waals surface area contributed by atoms with Gasteiger partial charge in [-0.1, -0.05) is 154 Å². The molecule has 0 aromatic carbocycles. The third-order valence-corrected chi connectivity index (χ3v) is 8.72. The molecule has 0 heterocycles. The van der Waals surface area contributed by atoms with Gasteiger partial charge in [0, 0.05) is 12.8 Å². The van der Waals surface area contributed by atoms with Crippen molar-refractivity contribution in [3.05, 3.63) is 24.3 Å². The number of unbranched alkanes of at least 4 members (excludes halogenated alkanes) is 24. The standard InChI is InChI=1S/C41H76O5/c1-3-5-7-9-11-13-15-17-19-21-23-25-27-29-31-33-35-40(43)45-38-39(37-42)46-41(44)36-34-32-30-28-26-24-22-20-18-16-14-12-10-8-6-4-2/h19-22,39,42H,3-18,23-38H2,1-2H3/b21-19-,22-20-/t39-/m0/s1. The van der Waals surface area contributed by atoms with Crippen molar-refractivity contribution in [2.45, 2.75) is 213 Å². The van der Waals surface area contributed by atoms with Crippen molar-refractivity contribution in [2.75, 3.05) is 13.2 Å². The minimum absolute atomic E-state index is 0.0707. The van der Waals surface area contributed by atoms with E-state index in [-0.39, 0.29) is 25.2 Å². The van der Waals surface area contributed by atoms with Crippen molar-refractivity contribution in [3.63, 3.8) is 0 Å².